The molecule has 1 aliphatic rings. The molecule has 1 aliphatic carbocycles. The van der Waals surface area contributed by atoms with E-state index in [1.807, 2.05) is 0 Å². The van der Waals surface area contributed by atoms with Crippen LogP contribution in [0.3, 0.4) is 0 Å². The van der Waals surface area contributed by atoms with Crippen LogP contribution in [-0.4, -0.2) is 26.4 Å². The van der Waals surface area contributed by atoms with Crippen molar-refractivity contribution in [2.45, 2.75) is 37.9 Å². The highest BCUT2D eigenvalue weighted by Crippen LogP contribution is 2.30. The zero-order valence-electron chi connectivity index (χ0n) is 8.08. The average molecular weight is 171 g/mol. The van der Waals surface area contributed by atoms with Gasteiger partial charge in [-0.1, -0.05) is 13.3 Å². The zero-order valence-corrected chi connectivity index (χ0v) is 8.08. The van der Waals surface area contributed by atoms with E-state index < -0.39 is 0 Å². The lowest BCUT2D eigenvalue weighted by atomic mass is 9.83. The monoisotopic (exact) mass is 171 g/mol. The summed E-state index contributed by atoms with van der Waals surface area (Å²) >= 11 is 0. The van der Waals surface area contributed by atoms with Gasteiger partial charge >= 0.3 is 0 Å². The van der Waals surface area contributed by atoms with Gasteiger partial charge in [0, 0.05) is 14.2 Å². The topological polar surface area (TPSA) is 18.5 Å². The van der Waals surface area contributed by atoms with Crippen molar-refractivity contribution < 1.29 is 9.47 Å². The molecule has 3 unspecified atom stereocenters. The standard InChI is InChI=1S/C10H19O2/c1-4-8-6-5-7-9(11-2)10(8)12-3/h8-10H,1,4-7H2,2-3H3. The minimum absolute atomic E-state index is 0.265. The minimum atomic E-state index is 0.265. The van der Waals surface area contributed by atoms with Crippen LogP contribution < -0.4 is 0 Å². The Kier molecular flexibility index (Phi) is 4.02. The van der Waals surface area contributed by atoms with Crippen LogP contribution in [0, 0.1) is 12.8 Å². The molecule has 2 nitrogen and oxygen atoms in total. The van der Waals surface area contributed by atoms with Gasteiger partial charge in [0.15, 0.2) is 0 Å². The van der Waals surface area contributed by atoms with Gasteiger partial charge in [-0.3, -0.25) is 0 Å². The van der Waals surface area contributed by atoms with Crippen molar-refractivity contribution >= 4 is 0 Å². The second-order valence-electron chi connectivity index (χ2n) is 3.45. The third kappa shape index (κ3) is 1.99. The molecule has 0 amide bonds. The molecule has 71 valence electrons. The van der Waals surface area contributed by atoms with E-state index in [0.717, 1.165) is 12.8 Å². The Morgan fingerprint density at radius 2 is 2.00 bits per heavy atom. The fourth-order valence-electron chi connectivity index (χ4n) is 2.12. The summed E-state index contributed by atoms with van der Waals surface area (Å²) in [7, 11) is 3.53. The van der Waals surface area contributed by atoms with Gasteiger partial charge in [-0.25, -0.2) is 0 Å². The molecule has 0 aromatic carbocycles. The van der Waals surface area contributed by atoms with Crippen molar-refractivity contribution in [2.75, 3.05) is 14.2 Å². The lowest BCUT2D eigenvalue weighted by Gasteiger charge is -2.35. The Morgan fingerprint density at radius 3 is 2.50 bits per heavy atom. The van der Waals surface area contributed by atoms with Gasteiger partial charge in [0.25, 0.3) is 0 Å². The summed E-state index contributed by atoms with van der Waals surface area (Å²) < 4.78 is 10.8. The fraction of sp³-hybridized carbons (Fsp3) is 0.900. The van der Waals surface area contributed by atoms with Crippen LogP contribution in [0.4, 0.5) is 0 Å². The molecule has 1 fully saturated rings. The number of rotatable bonds is 3. The second kappa shape index (κ2) is 4.83. The van der Waals surface area contributed by atoms with E-state index in [0.29, 0.717) is 5.92 Å². The van der Waals surface area contributed by atoms with Crippen molar-refractivity contribution in [2.24, 2.45) is 5.92 Å². The van der Waals surface area contributed by atoms with Gasteiger partial charge in [0.05, 0.1) is 12.2 Å². The van der Waals surface area contributed by atoms with Gasteiger partial charge in [0.1, 0.15) is 0 Å². The first-order valence-corrected chi connectivity index (χ1v) is 4.68. The normalized spacial score (nSPS) is 36.8. The van der Waals surface area contributed by atoms with Crippen molar-refractivity contribution in [1.29, 1.82) is 0 Å². The largest absolute Gasteiger partial charge is 0.379 e. The van der Waals surface area contributed by atoms with Crippen LogP contribution >= 0.6 is 0 Å². The molecule has 0 aliphatic heterocycles. The molecule has 0 aromatic rings. The smallest absolute Gasteiger partial charge is 0.0860 e. The third-order valence-electron chi connectivity index (χ3n) is 2.84. The summed E-state index contributed by atoms with van der Waals surface area (Å²) in [5.41, 5.74) is 0. The molecule has 1 saturated carbocycles. The molecule has 0 saturated heterocycles. The molecule has 0 N–H and O–H groups in total. The molecule has 0 aromatic heterocycles. The maximum atomic E-state index is 5.43. The van der Waals surface area contributed by atoms with Gasteiger partial charge in [-0.15, -0.1) is 0 Å². The Hall–Kier alpha value is -0.0800. The minimum Gasteiger partial charge on any atom is -0.379 e. The van der Waals surface area contributed by atoms with Gasteiger partial charge in [0.2, 0.25) is 0 Å². The zero-order chi connectivity index (χ0) is 8.97. The molecule has 0 heterocycles. The van der Waals surface area contributed by atoms with E-state index in [4.69, 9.17) is 9.47 Å². The molecule has 1 radical (unpaired) electrons. The van der Waals surface area contributed by atoms with Crippen LogP contribution in [-0.2, 0) is 9.47 Å². The highest BCUT2D eigenvalue weighted by atomic mass is 16.5. The molecule has 1 rings (SSSR count). The van der Waals surface area contributed by atoms with E-state index in [1.54, 1.807) is 14.2 Å². The van der Waals surface area contributed by atoms with Gasteiger partial charge in [-0.05, 0) is 25.2 Å². The molecule has 2 heteroatoms. The first-order valence-electron chi connectivity index (χ1n) is 4.68. The SMILES string of the molecule is [CH2]CC1CCCC(OC)C1OC. The number of hydrogen-bond acceptors (Lipinski definition) is 2. The van der Waals surface area contributed by atoms with Crippen molar-refractivity contribution in [3.8, 4) is 0 Å². The van der Waals surface area contributed by atoms with E-state index in [2.05, 4.69) is 6.92 Å². The van der Waals surface area contributed by atoms with Gasteiger partial charge in [-0.2, -0.15) is 0 Å². The summed E-state index contributed by atoms with van der Waals surface area (Å²) in [5.74, 6) is 0.591. The van der Waals surface area contributed by atoms with E-state index in [-0.39, 0.29) is 12.2 Å². The number of hydrogen-bond donors (Lipinski definition) is 0. The second-order valence-corrected chi connectivity index (χ2v) is 3.45. The summed E-state index contributed by atoms with van der Waals surface area (Å²) in [4.78, 5) is 0. The quantitative estimate of drug-likeness (QED) is 0.647. The van der Waals surface area contributed by atoms with Crippen LogP contribution in [0.15, 0.2) is 0 Å². The molecular weight excluding hydrogens is 152 g/mol. The van der Waals surface area contributed by atoms with Crippen LogP contribution in [0.2, 0.25) is 0 Å². The predicted octanol–water partition coefficient (Wildman–Crippen LogP) is 2.04. The molecule has 0 bridgehead atoms. The third-order valence-corrected chi connectivity index (χ3v) is 2.84. The first kappa shape index (κ1) is 10.0. The lowest BCUT2D eigenvalue weighted by Crippen LogP contribution is -2.39. The maximum Gasteiger partial charge on any atom is 0.0860 e. The average Bonchev–Trinajstić information content (AvgIpc) is 2.16. The highest BCUT2D eigenvalue weighted by molar-refractivity contribution is 4.83. The maximum absolute atomic E-state index is 5.43. The molecule has 0 spiro atoms. The summed E-state index contributed by atoms with van der Waals surface area (Å²) in [6.45, 7) is 3.94. The van der Waals surface area contributed by atoms with Crippen molar-refractivity contribution in [3.63, 3.8) is 0 Å². The predicted molar refractivity (Wildman–Crippen MR) is 48.9 cm³/mol. The number of ether oxygens (including phenoxy) is 2. The molecule has 12 heavy (non-hydrogen) atoms. The van der Waals surface area contributed by atoms with Crippen LogP contribution in [0.25, 0.3) is 0 Å². The van der Waals surface area contributed by atoms with Crippen molar-refractivity contribution in [1.82, 2.24) is 0 Å². The summed E-state index contributed by atoms with van der Waals surface area (Å²) in [6.07, 6.45) is 5.13. The lowest BCUT2D eigenvalue weighted by molar-refractivity contribution is -0.0862. The van der Waals surface area contributed by atoms with E-state index >= 15 is 0 Å². The van der Waals surface area contributed by atoms with Crippen molar-refractivity contribution in [3.05, 3.63) is 6.92 Å². The Balaban J connectivity index is 2.52. The Bertz CT molecular complexity index is 113. The molecular formula is C10H19O2. The van der Waals surface area contributed by atoms with Crippen LogP contribution in [0.1, 0.15) is 25.7 Å². The number of methoxy groups -OCH3 is 2. The van der Waals surface area contributed by atoms with Gasteiger partial charge < -0.3 is 9.47 Å². The van der Waals surface area contributed by atoms with Crippen LogP contribution in [0.5, 0.6) is 0 Å². The van der Waals surface area contributed by atoms with E-state index in [9.17, 15) is 0 Å². The Morgan fingerprint density at radius 1 is 1.25 bits per heavy atom. The summed E-state index contributed by atoms with van der Waals surface area (Å²) in [6, 6.07) is 0. The summed E-state index contributed by atoms with van der Waals surface area (Å²) in [5, 5.41) is 0. The van der Waals surface area contributed by atoms with E-state index in [1.165, 1.54) is 12.8 Å². The first-order chi connectivity index (χ1) is 5.83. The molecule has 3 atom stereocenters. The Labute approximate surface area is 75.2 Å². The fourth-order valence-corrected chi connectivity index (χ4v) is 2.12. The highest BCUT2D eigenvalue weighted by Gasteiger charge is 2.32.